The molecule has 2 nitrogen and oxygen atoms in total. The molecular formula is C14H22BrNO. The van der Waals surface area contributed by atoms with Crippen molar-refractivity contribution in [2.45, 2.75) is 32.7 Å². The summed E-state index contributed by atoms with van der Waals surface area (Å²) in [5.74, 6) is 0. The minimum Gasteiger partial charge on any atom is -0.382 e. The summed E-state index contributed by atoms with van der Waals surface area (Å²) in [4.78, 5) is 0. The van der Waals surface area contributed by atoms with Crippen LogP contribution in [0.25, 0.3) is 0 Å². The molecule has 0 aromatic heterocycles. The number of likely N-dealkylation sites (N-methyl/N-ethyl adjacent to an activating group) is 1. The van der Waals surface area contributed by atoms with Gasteiger partial charge in [-0.05, 0) is 44.0 Å². The normalized spacial score (nSPS) is 12.6. The molecule has 17 heavy (non-hydrogen) atoms. The lowest BCUT2D eigenvalue weighted by molar-refractivity contribution is 0.136. The van der Waals surface area contributed by atoms with Crippen LogP contribution >= 0.6 is 15.9 Å². The smallest absolute Gasteiger partial charge is 0.0480 e. The molecule has 0 aliphatic heterocycles. The van der Waals surface area contributed by atoms with E-state index in [9.17, 15) is 0 Å². The molecule has 0 heterocycles. The third-order valence-corrected chi connectivity index (χ3v) is 3.17. The van der Waals surface area contributed by atoms with E-state index >= 15 is 0 Å². The molecule has 0 aliphatic rings. The number of rotatable bonds is 8. The summed E-state index contributed by atoms with van der Waals surface area (Å²) in [6, 6.07) is 9.01. The molecule has 1 aromatic rings. The van der Waals surface area contributed by atoms with Crippen molar-refractivity contribution in [3.05, 3.63) is 34.3 Å². The monoisotopic (exact) mass is 299 g/mol. The summed E-state index contributed by atoms with van der Waals surface area (Å²) >= 11 is 3.51. The molecule has 1 aromatic carbocycles. The molecule has 3 heteroatoms. The Morgan fingerprint density at radius 3 is 2.82 bits per heavy atom. The minimum absolute atomic E-state index is 0.501. The van der Waals surface area contributed by atoms with Crippen molar-refractivity contribution < 1.29 is 4.74 Å². The largest absolute Gasteiger partial charge is 0.382 e. The molecule has 96 valence electrons. The van der Waals surface area contributed by atoms with Gasteiger partial charge in [-0.15, -0.1) is 0 Å². The lowest BCUT2D eigenvalue weighted by Gasteiger charge is -2.18. The average molecular weight is 300 g/mol. The first kappa shape index (κ1) is 14.7. The molecule has 0 amide bonds. The Morgan fingerprint density at radius 2 is 2.18 bits per heavy atom. The van der Waals surface area contributed by atoms with Gasteiger partial charge >= 0.3 is 0 Å². The third-order valence-electron chi connectivity index (χ3n) is 2.68. The molecule has 0 fully saturated rings. The molecule has 1 N–H and O–H groups in total. The van der Waals surface area contributed by atoms with Crippen LogP contribution in [-0.2, 0) is 11.2 Å². The zero-order valence-electron chi connectivity index (χ0n) is 10.7. The Labute approximate surface area is 113 Å². The summed E-state index contributed by atoms with van der Waals surface area (Å²) in [6.07, 6.45) is 2.12. The van der Waals surface area contributed by atoms with Crippen molar-refractivity contribution in [1.29, 1.82) is 0 Å². The van der Waals surface area contributed by atoms with Crippen molar-refractivity contribution in [2.75, 3.05) is 19.8 Å². The van der Waals surface area contributed by atoms with Gasteiger partial charge in [-0.3, -0.25) is 0 Å². The molecule has 0 saturated heterocycles. The topological polar surface area (TPSA) is 21.3 Å². The molecule has 0 spiro atoms. The van der Waals surface area contributed by atoms with Gasteiger partial charge in [0.15, 0.2) is 0 Å². The van der Waals surface area contributed by atoms with Gasteiger partial charge in [-0.1, -0.05) is 35.0 Å². The van der Waals surface area contributed by atoms with E-state index in [1.165, 1.54) is 5.56 Å². The standard InChI is InChI=1S/C14H22BrNO/c1-3-16-14(8-9-17-4-2)11-12-6-5-7-13(15)10-12/h5-7,10,14,16H,3-4,8-9,11H2,1-2H3. The van der Waals surface area contributed by atoms with E-state index in [-0.39, 0.29) is 0 Å². The van der Waals surface area contributed by atoms with E-state index in [0.717, 1.165) is 37.1 Å². The van der Waals surface area contributed by atoms with Gasteiger partial charge in [0.05, 0.1) is 0 Å². The molecule has 1 rings (SSSR count). The van der Waals surface area contributed by atoms with Gasteiger partial charge in [-0.2, -0.15) is 0 Å². The zero-order valence-corrected chi connectivity index (χ0v) is 12.3. The lowest BCUT2D eigenvalue weighted by atomic mass is 10.0. The van der Waals surface area contributed by atoms with E-state index in [4.69, 9.17) is 4.74 Å². The fourth-order valence-corrected chi connectivity index (χ4v) is 2.33. The van der Waals surface area contributed by atoms with E-state index < -0.39 is 0 Å². The highest BCUT2D eigenvalue weighted by Crippen LogP contribution is 2.14. The highest BCUT2D eigenvalue weighted by atomic mass is 79.9. The molecule has 0 radical (unpaired) electrons. The summed E-state index contributed by atoms with van der Waals surface area (Å²) in [5, 5.41) is 3.51. The maximum Gasteiger partial charge on any atom is 0.0480 e. The van der Waals surface area contributed by atoms with Crippen LogP contribution in [0.3, 0.4) is 0 Å². The number of nitrogens with one attached hydrogen (secondary N) is 1. The first-order valence-corrected chi connectivity index (χ1v) is 7.11. The van der Waals surface area contributed by atoms with Crippen molar-refractivity contribution in [2.24, 2.45) is 0 Å². The maximum atomic E-state index is 5.42. The van der Waals surface area contributed by atoms with Gasteiger partial charge in [0.2, 0.25) is 0 Å². The maximum absolute atomic E-state index is 5.42. The zero-order chi connectivity index (χ0) is 12.5. The number of ether oxygens (including phenoxy) is 1. The number of halogens is 1. The van der Waals surface area contributed by atoms with Crippen LogP contribution < -0.4 is 5.32 Å². The Hall–Kier alpha value is -0.380. The second-order valence-corrected chi connectivity index (χ2v) is 4.99. The SMILES string of the molecule is CCNC(CCOCC)Cc1cccc(Br)c1. The first-order chi connectivity index (χ1) is 8.26. The number of hydrogen-bond acceptors (Lipinski definition) is 2. The molecule has 1 unspecified atom stereocenters. The Kier molecular flexibility index (Phi) is 7.49. The first-order valence-electron chi connectivity index (χ1n) is 6.31. The number of benzene rings is 1. The summed E-state index contributed by atoms with van der Waals surface area (Å²) < 4.78 is 6.57. The summed E-state index contributed by atoms with van der Waals surface area (Å²) in [5.41, 5.74) is 1.36. The van der Waals surface area contributed by atoms with E-state index in [1.807, 2.05) is 6.92 Å². The van der Waals surface area contributed by atoms with E-state index in [1.54, 1.807) is 0 Å². The summed E-state index contributed by atoms with van der Waals surface area (Å²) in [6.45, 7) is 6.83. The third kappa shape index (κ3) is 6.20. The highest BCUT2D eigenvalue weighted by Gasteiger charge is 2.08. The fraction of sp³-hybridized carbons (Fsp3) is 0.571. The van der Waals surface area contributed by atoms with Gasteiger partial charge in [0.25, 0.3) is 0 Å². The number of hydrogen-bond donors (Lipinski definition) is 1. The van der Waals surface area contributed by atoms with Gasteiger partial charge in [0, 0.05) is 23.7 Å². The molecule has 0 saturated carbocycles. The van der Waals surface area contributed by atoms with Gasteiger partial charge in [-0.25, -0.2) is 0 Å². The van der Waals surface area contributed by atoms with Crippen molar-refractivity contribution in [3.8, 4) is 0 Å². The van der Waals surface area contributed by atoms with Crippen LogP contribution in [0.15, 0.2) is 28.7 Å². The quantitative estimate of drug-likeness (QED) is 0.743. The predicted octanol–water partition coefficient (Wildman–Crippen LogP) is 3.40. The Balaban J connectivity index is 2.47. The molecule has 0 bridgehead atoms. The molecule has 0 aliphatic carbocycles. The lowest BCUT2D eigenvalue weighted by Crippen LogP contribution is -2.32. The fourth-order valence-electron chi connectivity index (χ4n) is 1.88. The van der Waals surface area contributed by atoms with Crippen molar-refractivity contribution in [3.63, 3.8) is 0 Å². The van der Waals surface area contributed by atoms with Crippen LogP contribution in [0, 0.1) is 0 Å². The van der Waals surface area contributed by atoms with E-state index in [2.05, 4.69) is 52.4 Å². The molecule has 1 atom stereocenters. The Bertz CT molecular complexity index is 317. The van der Waals surface area contributed by atoms with Crippen molar-refractivity contribution >= 4 is 15.9 Å². The summed E-state index contributed by atoms with van der Waals surface area (Å²) in [7, 11) is 0. The van der Waals surface area contributed by atoms with Crippen LogP contribution in [-0.4, -0.2) is 25.8 Å². The Morgan fingerprint density at radius 1 is 1.35 bits per heavy atom. The highest BCUT2D eigenvalue weighted by molar-refractivity contribution is 9.10. The van der Waals surface area contributed by atoms with Crippen LogP contribution in [0.4, 0.5) is 0 Å². The average Bonchev–Trinajstić information content (AvgIpc) is 2.29. The van der Waals surface area contributed by atoms with Crippen LogP contribution in [0.1, 0.15) is 25.8 Å². The second kappa shape index (κ2) is 8.67. The van der Waals surface area contributed by atoms with E-state index in [0.29, 0.717) is 6.04 Å². The van der Waals surface area contributed by atoms with Gasteiger partial charge < -0.3 is 10.1 Å². The van der Waals surface area contributed by atoms with Gasteiger partial charge in [0.1, 0.15) is 0 Å². The minimum atomic E-state index is 0.501. The van der Waals surface area contributed by atoms with Crippen LogP contribution in [0.2, 0.25) is 0 Å². The second-order valence-electron chi connectivity index (χ2n) is 4.07. The molecular weight excluding hydrogens is 278 g/mol. The predicted molar refractivity (Wildman–Crippen MR) is 76.4 cm³/mol. The van der Waals surface area contributed by atoms with Crippen molar-refractivity contribution in [1.82, 2.24) is 5.32 Å². The van der Waals surface area contributed by atoms with Crippen LogP contribution in [0.5, 0.6) is 0 Å².